The van der Waals surface area contributed by atoms with Gasteiger partial charge in [-0.1, -0.05) is 23.3 Å². The maximum atomic E-state index is 14.0. The third-order valence-electron chi connectivity index (χ3n) is 5.62. The molecule has 0 aliphatic heterocycles. The molecule has 2 aromatic carbocycles. The molecule has 0 aliphatic rings. The molecule has 38 heavy (non-hydrogen) atoms. The fourth-order valence-corrected chi connectivity index (χ4v) is 3.99. The fraction of sp³-hybridized carbons (Fsp3) is 0.296. The molecule has 3 rings (SSSR count). The first-order valence-corrected chi connectivity index (χ1v) is 11.7. The lowest BCUT2D eigenvalue weighted by Crippen LogP contribution is -2.61. The summed E-state index contributed by atoms with van der Waals surface area (Å²) < 4.78 is 10.6. The summed E-state index contributed by atoms with van der Waals surface area (Å²) in [6.07, 6.45) is -0.287. The number of carboxylic acid groups (broad SMARTS) is 1. The van der Waals surface area contributed by atoms with Crippen LogP contribution in [0.4, 0.5) is 4.79 Å². The second kappa shape index (κ2) is 10.8. The molecule has 200 valence electrons. The number of amides is 3. The Kier molecular flexibility index (Phi) is 7.90. The summed E-state index contributed by atoms with van der Waals surface area (Å²) >= 11 is 0. The second-order valence-electron chi connectivity index (χ2n) is 9.69. The van der Waals surface area contributed by atoms with Crippen molar-refractivity contribution in [2.45, 2.75) is 47.1 Å². The standard InChI is InChI=1S/C27H30N4O7/c1-15-11-16(2)13-18(12-15)23(32)31(27(4,5)6)30(24(33)19-9-8-10-21(37-7)17(19)3)26(36)38-22-20(25(34)35)14-28-29-22/h8-14H,1-7H3,(H,28,29)(H,34,35). The largest absolute Gasteiger partial charge is 0.496 e. The van der Waals surface area contributed by atoms with E-state index >= 15 is 0 Å². The van der Waals surface area contributed by atoms with Gasteiger partial charge in [0.25, 0.3) is 17.7 Å². The van der Waals surface area contributed by atoms with Crippen molar-refractivity contribution in [3.05, 3.63) is 76.0 Å². The summed E-state index contributed by atoms with van der Waals surface area (Å²) in [5.41, 5.74) is 0.837. The number of nitrogens with zero attached hydrogens (tertiary/aromatic N) is 3. The number of hydrogen-bond donors (Lipinski definition) is 2. The molecule has 11 heteroatoms. The Morgan fingerprint density at radius 3 is 2.13 bits per heavy atom. The molecule has 0 saturated heterocycles. The van der Waals surface area contributed by atoms with E-state index in [0.29, 0.717) is 16.3 Å². The molecule has 1 aromatic heterocycles. The summed E-state index contributed by atoms with van der Waals surface area (Å²) in [6.45, 7) is 10.2. The average molecular weight is 523 g/mol. The van der Waals surface area contributed by atoms with Gasteiger partial charge < -0.3 is 14.6 Å². The number of methoxy groups -OCH3 is 1. The summed E-state index contributed by atoms with van der Waals surface area (Å²) in [5, 5.41) is 17.0. The minimum Gasteiger partial charge on any atom is -0.496 e. The van der Waals surface area contributed by atoms with E-state index in [1.165, 1.54) is 13.2 Å². The zero-order valence-electron chi connectivity index (χ0n) is 22.3. The smallest absolute Gasteiger partial charge is 0.443 e. The zero-order valence-corrected chi connectivity index (χ0v) is 22.3. The average Bonchev–Trinajstić information content (AvgIpc) is 3.28. The lowest BCUT2D eigenvalue weighted by atomic mass is 10.0. The number of benzene rings is 2. The van der Waals surface area contributed by atoms with Crippen LogP contribution in [0.15, 0.2) is 42.6 Å². The Balaban J connectivity index is 2.21. The van der Waals surface area contributed by atoms with E-state index in [1.807, 2.05) is 19.9 Å². The second-order valence-corrected chi connectivity index (χ2v) is 9.69. The number of aromatic amines is 1. The number of hydrogen-bond acceptors (Lipinski definition) is 7. The van der Waals surface area contributed by atoms with E-state index in [-0.39, 0.29) is 11.1 Å². The highest BCUT2D eigenvalue weighted by molar-refractivity contribution is 6.07. The first-order chi connectivity index (χ1) is 17.8. The summed E-state index contributed by atoms with van der Waals surface area (Å²) in [5.74, 6) is -3.09. The van der Waals surface area contributed by atoms with Gasteiger partial charge in [0.05, 0.1) is 12.6 Å². The number of aryl methyl sites for hydroxylation is 2. The van der Waals surface area contributed by atoms with Gasteiger partial charge in [-0.25, -0.2) is 14.6 Å². The number of rotatable bonds is 5. The van der Waals surface area contributed by atoms with Gasteiger partial charge in [0.15, 0.2) is 0 Å². The molecule has 0 fully saturated rings. The Morgan fingerprint density at radius 1 is 0.947 bits per heavy atom. The molecule has 0 unspecified atom stereocenters. The fourth-order valence-electron chi connectivity index (χ4n) is 3.99. The summed E-state index contributed by atoms with van der Waals surface area (Å²) in [6, 6.07) is 9.90. The predicted molar refractivity (Wildman–Crippen MR) is 137 cm³/mol. The van der Waals surface area contributed by atoms with Crippen molar-refractivity contribution < 1.29 is 33.8 Å². The minimum atomic E-state index is -1.40. The van der Waals surface area contributed by atoms with Crippen LogP contribution in [0.5, 0.6) is 11.6 Å². The first kappa shape index (κ1) is 27.9. The quantitative estimate of drug-likeness (QED) is 0.465. The number of carboxylic acids is 1. The van der Waals surface area contributed by atoms with E-state index in [1.54, 1.807) is 52.0 Å². The number of H-pyrrole nitrogens is 1. The van der Waals surface area contributed by atoms with Crippen LogP contribution >= 0.6 is 0 Å². The van der Waals surface area contributed by atoms with E-state index < -0.39 is 40.9 Å². The third kappa shape index (κ3) is 5.66. The number of imide groups is 1. The molecule has 0 aliphatic carbocycles. The predicted octanol–water partition coefficient (Wildman–Crippen LogP) is 4.54. The van der Waals surface area contributed by atoms with Gasteiger partial charge in [0.1, 0.15) is 11.3 Å². The monoisotopic (exact) mass is 522 g/mol. The van der Waals surface area contributed by atoms with Crippen molar-refractivity contribution in [1.29, 1.82) is 0 Å². The molecule has 0 bridgehead atoms. The lowest BCUT2D eigenvalue weighted by Gasteiger charge is -2.41. The third-order valence-corrected chi connectivity index (χ3v) is 5.62. The number of hydrazine groups is 1. The SMILES string of the molecule is COc1cccc(C(=O)N(C(=O)Oc2n[nH]cc2C(=O)O)N(C(=O)c2cc(C)cc(C)c2)C(C)(C)C)c1C. The van der Waals surface area contributed by atoms with E-state index in [0.717, 1.165) is 22.3 Å². The van der Waals surface area contributed by atoms with Crippen molar-refractivity contribution in [2.24, 2.45) is 0 Å². The van der Waals surface area contributed by atoms with Gasteiger partial charge in [0, 0.05) is 22.9 Å². The molecule has 0 spiro atoms. The zero-order chi connectivity index (χ0) is 28.4. The Bertz CT molecular complexity index is 1380. The lowest BCUT2D eigenvalue weighted by molar-refractivity contribution is -0.0315. The number of carbonyl (C=O) groups excluding carboxylic acids is 3. The minimum absolute atomic E-state index is 0.0734. The van der Waals surface area contributed by atoms with Gasteiger partial charge in [-0.2, -0.15) is 0 Å². The van der Waals surface area contributed by atoms with Crippen molar-refractivity contribution in [3.63, 3.8) is 0 Å². The molecular weight excluding hydrogens is 492 g/mol. The van der Waals surface area contributed by atoms with Gasteiger partial charge in [-0.3, -0.25) is 14.7 Å². The number of ether oxygens (including phenoxy) is 2. The number of carbonyl (C=O) groups is 4. The van der Waals surface area contributed by atoms with E-state index in [2.05, 4.69) is 10.2 Å². The number of aromatic carboxylic acids is 1. The molecule has 0 atom stereocenters. The van der Waals surface area contributed by atoms with Crippen LogP contribution in [-0.2, 0) is 0 Å². The highest BCUT2D eigenvalue weighted by Crippen LogP contribution is 2.28. The van der Waals surface area contributed by atoms with Crippen LogP contribution in [-0.4, -0.2) is 61.8 Å². The van der Waals surface area contributed by atoms with Gasteiger partial charge >= 0.3 is 12.1 Å². The van der Waals surface area contributed by atoms with E-state index in [9.17, 15) is 24.3 Å². The molecular formula is C27H30N4O7. The molecule has 3 aromatic rings. The Labute approximate surface area is 219 Å². The van der Waals surface area contributed by atoms with Crippen LogP contribution in [0, 0.1) is 20.8 Å². The van der Waals surface area contributed by atoms with Crippen LogP contribution in [0.25, 0.3) is 0 Å². The van der Waals surface area contributed by atoms with Crippen molar-refractivity contribution in [2.75, 3.05) is 7.11 Å². The molecule has 2 N–H and O–H groups in total. The van der Waals surface area contributed by atoms with Gasteiger partial charge in [-0.15, -0.1) is 10.1 Å². The molecule has 0 radical (unpaired) electrons. The Morgan fingerprint density at radius 2 is 1.58 bits per heavy atom. The van der Waals surface area contributed by atoms with Crippen LogP contribution < -0.4 is 9.47 Å². The van der Waals surface area contributed by atoms with Crippen molar-refractivity contribution in [3.8, 4) is 11.6 Å². The van der Waals surface area contributed by atoms with Crippen molar-refractivity contribution in [1.82, 2.24) is 20.2 Å². The molecule has 0 saturated carbocycles. The van der Waals surface area contributed by atoms with Crippen molar-refractivity contribution >= 4 is 23.9 Å². The molecule has 11 nitrogen and oxygen atoms in total. The van der Waals surface area contributed by atoms with Gasteiger partial charge in [0.2, 0.25) is 0 Å². The molecule has 1 heterocycles. The van der Waals surface area contributed by atoms with Crippen LogP contribution in [0.3, 0.4) is 0 Å². The maximum Gasteiger partial charge on any atom is 0.443 e. The number of nitrogens with one attached hydrogen (secondary N) is 1. The first-order valence-electron chi connectivity index (χ1n) is 11.7. The molecule has 3 amide bonds. The number of aromatic nitrogens is 2. The van der Waals surface area contributed by atoms with Crippen LogP contribution in [0.1, 0.15) is 68.5 Å². The van der Waals surface area contributed by atoms with Crippen LogP contribution in [0.2, 0.25) is 0 Å². The van der Waals surface area contributed by atoms with Gasteiger partial charge in [-0.05, 0) is 65.8 Å². The Hall–Kier alpha value is -4.67. The highest BCUT2D eigenvalue weighted by atomic mass is 16.6. The summed E-state index contributed by atoms with van der Waals surface area (Å²) in [7, 11) is 1.44. The highest BCUT2D eigenvalue weighted by Gasteiger charge is 2.42. The normalized spacial score (nSPS) is 11.0. The van der Waals surface area contributed by atoms with E-state index in [4.69, 9.17) is 9.47 Å². The topological polar surface area (TPSA) is 142 Å². The summed E-state index contributed by atoms with van der Waals surface area (Å²) in [4.78, 5) is 53.1. The maximum absolute atomic E-state index is 14.0.